The van der Waals surface area contributed by atoms with Crippen molar-refractivity contribution in [3.05, 3.63) is 41.4 Å². The summed E-state index contributed by atoms with van der Waals surface area (Å²) in [6.45, 7) is 8.27. The van der Waals surface area contributed by atoms with Crippen LogP contribution in [0, 0.1) is 10.8 Å². The van der Waals surface area contributed by atoms with Gasteiger partial charge in [-0.15, -0.1) is 0 Å². The van der Waals surface area contributed by atoms with Gasteiger partial charge in [0.2, 0.25) is 0 Å². The molecular weight excluding hydrogens is 674 g/mol. The number of anilines is 2. The highest BCUT2D eigenvalue weighted by molar-refractivity contribution is 6.31. The fraction of sp³-hybridized carbons (Fsp3) is 0.543. The molecule has 2 N–H and O–H groups in total. The summed E-state index contributed by atoms with van der Waals surface area (Å²) in [4.78, 5) is 51.8. The van der Waals surface area contributed by atoms with Gasteiger partial charge in [-0.25, -0.2) is 0 Å². The summed E-state index contributed by atoms with van der Waals surface area (Å²) in [7, 11) is 4.97. The van der Waals surface area contributed by atoms with Gasteiger partial charge in [-0.2, -0.15) is 0 Å². The van der Waals surface area contributed by atoms with Crippen LogP contribution in [0.5, 0.6) is 17.2 Å². The standard InChI is InChI=1S/C35H50ClN3O11/c1-34(2,22-37)21-35(3,4)23-50-25-10-11-26(38(17-30(40)44-5)18-31(41)45-6)29(16-25)49-14-13-48-28-12-9-24(36)15-27(28)39(19-32(42)46-7)20-33(43)47-8/h9-12,15-16H,13-14,17-23,37H2,1-8H3. The van der Waals surface area contributed by atoms with Crippen LogP contribution in [0.2, 0.25) is 5.02 Å². The number of hydrogen-bond acceptors (Lipinski definition) is 14. The molecule has 0 aliphatic rings. The van der Waals surface area contributed by atoms with Crippen molar-refractivity contribution in [2.45, 2.75) is 34.1 Å². The second-order valence-electron chi connectivity index (χ2n) is 13.0. The maximum atomic E-state index is 12.3. The Hall–Kier alpha value is -4.43. The lowest BCUT2D eigenvalue weighted by Gasteiger charge is -2.34. The van der Waals surface area contributed by atoms with E-state index in [1.165, 1.54) is 38.2 Å². The lowest BCUT2D eigenvalue weighted by Crippen LogP contribution is -2.36. The van der Waals surface area contributed by atoms with Crippen LogP contribution >= 0.6 is 11.6 Å². The van der Waals surface area contributed by atoms with Gasteiger partial charge in [0, 0.05) is 11.1 Å². The fourth-order valence-electron chi connectivity index (χ4n) is 5.16. The Morgan fingerprint density at radius 1 is 0.640 bits per heavy atom. The number of carbonyl (C=O) groups is 4. The zero-order chi connectivity index (χ0) is 37.5. The number of carbonyl (C=O) groups excluding carboxylic acids is 4. The van der Waals surface area contributed by atoms with E-state index in [1.54, 1.807) is 36.4 Å². The van der Waals surface area contributed by atoms with Gasteiger partial charge in [-0.05, 0) is 54.1 Å². The highest BCUT2D eigenvalue weighted by atomic mass is 35.5. The quantitative estimate of drug-likeness (QED) is 0.112. The molecule has 0 fully saturated rings. The van der Waals surface area contributed by atoms with Crippen LogP contribution in [0.3, 0.4) is 0 Å². The van der Waals surface area contributed by atoms with Crippen LogP contribution in [-0.4, -0.2) is 105 Å². The molecule has 0 saturated carbocycles. The lowest BCUT2D eigenvalue weighted by atomic mass is 9.75. The molecule has 0 amide bonds. The molecule has 0 unspecified atom stereocenters. The van der Waals surface area contributed by atoms with Crippen molar-refractivity contribution in [1.29, 1.82) is 0 Å². The summed E-state index contributed by atoms with van der Waals surface area (Å²) < 4.78 is 37.7. The highest BCUT2D eigenvalue weighted by Gasteiger charge is 2.29. The van der Waals surface area contributed by atoms with Crippen molar-refractivity contribution in [2.75, 3.05) is 90.8 Å². The molecule has 2 aromatic rings. The number of methoxy groups -OCH3 is 4. The van der Waals surface area contributed by atoms with E-state index < -0.39 is 23.9 Å². The van der Waals surface area contributed by atoms with Gasteiger partial charge in [0.1, 0.15) is 56.6 Å². The lowest BCUT2D eigenvalue weighted by molar-refractivity contribution is -0.141. The number of hydrogen-bond donors (Lipinski definition) is 1. The highest BCUT2D eigenvalue weighted by Crippen LogP contribution is 2.37. The average Bonchev–Trinajstić information content (AvgIpc) is 3.08. The van der Waals surface area contributed by atoms with Crippen molar-refractivity contribution in [2.24, 2.45) is 16.6 Å². The van der Waals surface area contributed by atoms with Gasteiger partial charge in [0.05, 0.1) is 46.4 Å². The molecule has 0 atom stereocenters. The maximum Gasteiger partial charge on any atom is 0.325 e. The minimum Gasteiger partial charge on any atom is -0.493 e. The molecule has 2 rings (SSSR count). The molecule has 0 aliphatic carbocycles. The van der Waals surface area contributed by atoms with Crippen LogP contribution in [0.4, 0.5) is 11.4 Å². The predicted molar refractivity (Wildman–Crippen MR) is 188 cm³/mol. The molecule has 0 saturated heterocycles. The number of halogens is 1. The van der Waals surface area contributed by atoms with E-state index in [0.29, 0.717) is 46.8 Å². The molecular formula is C35H50ClN3O11. The molecule has 0 bridgehead atoms. The van der Waals surface area contributed by atoms with E-state index in [2.05, 4.69) is 27.7 Å². The molecule has 14 nitrogen and oxygen atoms in total. The van der Waals surface area contributed by atoms with Crippen LogP contribution in [-0.2, 0) is 38.1 Å². The van der Waals surface area contributed by atoms with E-state index in [1.807, 2.05) is 0 Å². The first kappa shape index (κ1) is 41.7. The van der Waals surface area contributed by atoms with E-state index in [9.17, 15) is 19.2 Å². The van der Waals surface area contributed by atoms with Gasteiger partial charge in [-0.3, -0.25) is 19.2 Å². The topological polar surface area (TPSA) is 165 Å². The predicted octanol–water partition coefficient (Wildman–Crippen LogP) is 3.88. The summed E-state index contributed by atoms with van der Waals surface area (Å²) in [5.74, 6) is -1.23. The summed E-state index contributed by atoms with van der Waals surface area (Å²) >= 11 is 6.26. The number of ether oxygens (including phenoxy) is 7. The first-order valence-corrected chi connectivity index (χ1v) is 16.2. The smallest absolute Gasteiger partial charge is 0.325 e. The third kappa shape index (κ3) is 13.8. The molecule has 50 heavy (non-hydrogen) atoms. The van der Waals surface area contributed by atoms with Gasteiger partial charge < -0.3 is 48.7 Å². The molecule has 0 radical (unpaired) electrons. The molecule has 0 aromatic heterocycles. The Morgan fingerprint density at radius 2 is 1.12 bits per heavy atom. The van der Waals surface area contributed by atoms with Crippen molar-refractivity contribution in [3.8, 4) is 17.2 Å². The average molecular weight is 724 g/mol. The number of nitrogens with two attached hydrogens (primary N) is 1. The Balaban J connectivity index is 2.38. The third-order valence-corrected chi connectivity index (χ3v) is 7.70. The van der Waals surface area contributed by atoms with E-state index in [0.717, 1.165) is 6.42 Å². The Morgan fingerprint density at radius 3 is 1.60 bits per heavy atom. The second kappa shape index (κ2) is 19.7. The third-order valence-electron chi connectivity index (χ3n) is 7.46. The first-order valence-electron chi connectivity index (χ1n) is 15.9. The molecule has 0 aliphatic heterocycles. The summed E-state index contributed by atoms with van der Waals surface area (Å²) in [6, 6.07) is 9.83. The molecule has 0 heterocycles. The van der Waals surface area contributed by atoms with E-state index in [4.69, 9.17) is 50.5 Å². The zero-order valence-electron chi connectivity index (χ0n) is 30.2. The minimum absolute atomic E-state index is 0.00134. The monoisotopic (exact) mass is 723 g/mol. The number of rotatable bonds is 21. The van der Waals surface area contributed by atoms with E-state index >= 15 is 0 Å². The van der Waals surface area contributed by atoms with Crippen molar-refractivity contribution < 1.29 is 52.3 Å². The van der Waals surface area contributed by atoms with Crippen LogP contribution in [0.15, 0.2) is 36.4 Å². The maximum absolute atomic E-state index is 12.3. The number of nitrogens with zero attached hydrogens (tertiary/aromatic N) is 2. The second-order valence-corrected chi connectivity index (χ2v) is 13.4. The summed E-state index contributed by atoms with van der Waals surface area (Å²) in [5.41, 5.74) is 6.45. The normalized spacial score (nSPS) is 11.2. The number of esters is 4. The van der Waals surface area contributed by atoms with Crippen LogP contribution in [0.1, 0.15) is 34.1 Å². The first-order chi connectivity index (χ1) is 23.6. The molecule has 278 valence electrons. The molecule has 15 heteroatoms. The molecule has 0 spiro atoms. The van der Waals surface area contributed by atoms with Gasteiger partial charge in [-0.1, -0.05) is 39.3 Å². The fourth-order valence-corrected chi connectivity index (χ4v) is 5.32. The zero-order valence-corrected chi connectivity index (χ0v) is 30.9. The minimum atomic E-state index is -0.590. The SMILES string of the molecule is COC(=O)CN(CC(=O)OC)c1ccc(OCC(C)(C)CC(C)(C)CN)cc1OCCOc1ccc(Cl)cc1N(CC(=O)OC)CC(=O)OC. The van der Waals surface area contributed by atoms with Gasteiger partial charge in [0.15, 0.2) is 0 Å². The number of benzene rings is 2. The van der Waals surface area contributed by atoms with Crippen molar-refractivity contribution in [3.63, 3.8) is 0 Å². The van der Waals surface area contributed by atoms with Crippen molar-refractivity contribution >= 4 is 46.9 Å². The van der Waals surface area contributed by atoms with Crippen LogP contribution < -0.4 is 29.7 Å². The Labute approximate surface area is 298 Å². The van der Waals surface area contributed by atoms with E-state index in [-0.39, 0.29) is 50.2 Å². The summed E-state index contributed by atoms with van der Waals surface area (Å²) in [5, 5.41) is 0.343. The van der Waals surface area contributed by atoms with Crippen molar-refractivity contribution in [1.82, 2.24) is 0 Å². The molecule has 2 aromatic carbocycles. The Bertz CT molecular complexity index is 1410. The van der Waals surface area contributed by atoms with Gasteiger partial charge >= 0.3 is 23.9 Å². The van der Waals surface area contributed by atoms with Gasteiger partial charge in [0.25, 0.3) is 0 Å². The largest absolute Gasteiger partial charge is 0.493 e. The summed E-state index contributed by atoms with van der Waals surface area (Å²) in [6.07, 6.45) is 0.824. The Kier molecular flexibility index (Phi) is 16.4. The van der Waals surface area contributed by atoms with Crippen LogP contribution in [0.25, 0.3) is 0 Å².